The van der Waals surface area contributed by atoms with Crippen LogP contribution in [0.1, 0.15) is 39.0 Å². The number of carbonyl (C=O) groups excluding carboxylic acids is 1. The zero-order chi connectivity index (χ0) is 12.2. The Morgan fingerprint density at radius 3 is 2.69 bits per heavy atom. The molecule has 1 atom stereocenters. The lowest BCUT2D eigenvalue weighted by molar-refractivity contribution is -0.124. The van der Waals surface area contributed by atoms with Gasteiger partial charge >= 0.3 is 0 Å². The van der Waals surface area contributed by atoms with Crippen molar-refractivity contribution in [3.63, 3.8) is 0 Å². The van der Waals surface area contributed by atoms with Crippen molar-refractivity contribution in [2.45, 2.75) is 39.0 Å². The summed E-state index contributed by atoms with van der Waals surface area (Å²) in [7, 11) is 1.71. The molecule has 0 radical (unpaired) electrons. The zero-order valence-corrected chi connectivity index (χ0v) is 10.6. The smallest absolute Gasteiger partial charge is 0.222 e. The quantitative estimate of drug-likeness (QED) is 0.556. The molecule has 0 aliphatic heterocycles. The number of nitrogens with one attached hydrogen (secondary N) is 1. The summed E-state index contributed by atoms with van der Waals surface area (Å²) in [5, 5.41) is 2.95. The molecule has 0 saturated carbocycles. The molecule has 0 aromatic heterocycles. The summed E-state index contributed by atoms with van der Waals surface area (Å²) >= 11 is 0. The normalized spacial score (nSPS) is 12.4. The van der Waals surface area contributed by atoms with E-state index in [4.69, 9.17) is 10.5 Å². The molecule has 0 spiro atoms. The number of carbonyl (C=O) groups is 1. The summed E-state index contributed by atoms with van der Waals surface area (Å²) in [6, 6.07) is 0. The summed E-state index contributed by atoms with van der Waals surface area (Å²) < 4.78 is 4.95. The molecule has 0 rings (SSSR count). The van der Waals surface area contributed by atoms with Gasteiger partial charge in [-0.25, -0.2) is 0 Å². The molecule has 0 bridgehead atoms. The van der Waals surface area contributed by atoms with E-state index in [0.29, 0.717) is 6.54 Å². The minimum Gasteiger partial charge on any atom is -0.385 e. The average Bonchev–Trinajstić information content (AvgIpc) is 2.30. The number of unbranched alkanes of at least 4 members (excludes halogenated alkanes) is 2. The Balaban J connectivity index is 3.35. The number of nitrogens with two attached hydrogens (primary N) is 1. The van der Waals surface area contributed by atoms with Crippen molar-refractivity contribution in [1.29, 1.82) is 0 Å². The lowest BCUT2D eigenvalue weighted by Gasteiger charge is -2.11. The van der Waals surface area contributed by atoms with E-state index in [1.54, 1.807) is 7.11 Å². The first-order valence-electron chi connectivity index (χ1n) is 6.19. The molecule has 3 N–H and O–H groups in total. The Morgan fingerprint density at radius 1 is 1.31 bits per heavy atom. The number of amides is 1. The van der Waals surface area contributed by atoms with Gasteiger partial charge in [-0.05, 0) is 38.6 Å². The van der Waals surface area contributed by atoms with Gasteiger partial charge in [-0.3, -0.25) is 4.79 Å². The van der Waals surface area contributed by atoms with Gasteiger partial charge < -0.3 is 15.8 Å². The maximum absolute atomic E-state index is 11.6. The SMILES string of the molecule is COCCCCCNC(=O)C(C)CCCN. The largest absolute Gasteiger partial charge is 0.385 e. The van der Waals surface area contributed by atoms with E-state index in [1.165, 1.54) is 0 Å². The predicted molar refractivity (Wildman–Crippen MR) is 66.2 cm³/mol. The second-order valence-electron chi connectivity index (χ2n) is 4.18. The third-order valence-electron chi connectivity index (χ3n) is 2.61. The van der Waals surface area contributed by atoms with Crippen molar-refractivity contribution in [3.8, 4) is 0 Å². The van der Waals surface area contributed by atoms with Crippen molar-refractivity contribution in [2.24, 2.45) is 11.7 Å². The van der Waals surface area contributed by atoms with Crippen molar-refractivity contribution in [3.05, 3.63) is 0 Å². The average molecular weight is 230 g/mol. The molecule has 1 unspecified atom stereocenters. The van der Waals surface area contributed by atoms with Crippen LogP contribution in [-0.2, 0) is 9.53 Å². The highest BCUT2D eigenvalue weighted by atomic mass is 16.5. The van der Waals surface area contributed by atoms with Gasteiger partial charge in [0.15, 0.2) is 0 Å². The van der Waals surface area contributed by atoms with E-state index < -0.39 is 0 Å². The first-order chi connectivity index (χ1) is 7.72. The Morgan fingerprint density at radius 2 is 2.06 bits per heavy atom. The van der Waals surface area contributed by atoms with E-state index >= 15 is 0 Å². The van der Waals surface area contributed by atoms with Gasteiger partial charge in [0.2, 0.25) is 5.91 Å². The van der Waals surface area contributed by atoms with Crippen molar-refractivity contribution in [2.75, 3.05) is 26.8 Å². The highest BCUT2D eigenvalue weighted by molar-refractivity contribution is 5.78. The zero-order valence-electron chi connectivity index (χ0n) is 10.6. The Hall–Kier alpha value is -0.610. The molecular weight excluding hydrogens is 204 g/mol. The molecule has 0 saturated heterocycles. The van der Waals surface area contributed by atoms with Gasteiger partial charge in [0.05, 0.1) is 0 Å². The van der Waals surface area contributed by atoms with Gasteiger partial charge in [-0.2, -0.15) is 0 Å². The molecule has 16 heavy (non-hydrogen) atoms. The van der Waals surface area contributed by atoms with Crippen molar-refractivity contribution < 1.29 is 9.53 Å². The molecule has 4 heteroatoms. The summed E-state index contributed by atoms with van der Waals surface area (Å²) in [6.45, 7) is 4.20. The first-order valence-corrected chi connectivity index (χ1v) is 6.19. The molecule has 0 fully saturated rings. The number of methoxy groups -OCH3 is 1. The molecule has 0 heterocycles. The van der Waals surface area contributed by atoms with Gasteiger partial charge in [0.1, 0.15) is 0 Å². The number of hydrogen-bond donors (Lipinski definition) is 2. The third kappa shape index (κ3) is 8.68. The molecule has 1 amide bonds. The van der Waals surface area contributed by atoms with E-state index in [1.807, 2.05) is 6.92 Å². The summed E-state index contributed by atoms with van der Waals surface area (Å²) in [6.07, 6.45) is 4.99. The molecule has 0 aliphatic carbocycles. The van der Waals surface area contributed by atoms with Crippen LogP contribution in [0, 0.1) is 5.92 Å². The Kier molecular flexibility index (Phi) is 10.5. The van der Waals surface area contributed by atoms with Gasteiger partial charge in [0, 0.05) is 26.2 Å². The molecule has 0 aromatic carbocycles. The van der Waals surface area contributed by atoms with Crippen LogP contribution in [0.25, 0.3) is 0 Å². The second-order valence-corrected chi connectivity index (χ2v) is 4.18. The summed E-state index contributed by atoms with van der Waals surface area (Å²) in [5.41, 5.74) is 5.40. The number of hydrogen-bond acceptors (Lipinski definition) is 3. The van der Waals surface area contributed by atoms with Crippen LogP contribution in [0.2, 0.25) is 0 Å². The topological polar surface area (TPSA) is 64.3 Å². The van der Waals surface area contributed by atoms with Crippen LogP contribution in [0.4, 0.5) is 0 Å². The lowest BCUT2D eigenvalue weighted by atomic mass is 10.0. The van der Waals surface area contributed by atoms with E-state index in [0.717, 1.165) is 45.3 Å². The van der Waals surface area contributed by atoms with Gasteiger partial charge in [-0.15, -0.1) is 0 Å². The molecular formula is C12H26N2O2. The van der Waals surface area contributed by atoms with Gasteiger partial charge in [-0.1, -0.05) is 6.92 Å². The fourth-order valence-electron chi connectivity index (χ4n) is 1.49. The van der Waals surface area contributed by atoms with Gasteiger partial charge in [0.25, 0.3) is 0 Å². The summed E-state index contributed by atoms with van der Waals surface area (Å²) in [4.78, 5) is 11.6. The van der Waals surface area contributed by atoms with Crippen molar-refractivity contribution >= 4 is 5.91 Å². The summed E-state index contributed by atoms with van der Waals surface area (Å²) in [5.74, 6) is 0.239. The molecule has 96 valence electrons. The molecule has 0 aromatic rings. The highest BCUT2D eigenvalue weighted by Crippen LogP contribution is 2.04. The van der Waals surface area contributed by atoms with Crippen LogP contribution in [0.15, 0.2) is 0 Å². The fourth-order valence-corrected chi connectivity index (χ4v) is 1.49. The monoisotopic (exact) mass is 230 g/mol. The third-order valence-corrected chi connectivity index (χ3v) is 2.61. The van der Waals surface area contributed by atoms with Crippen LogP contribution >= 0.6 is 0 Å². The van der Waals surface area contributed by atoms with E-state index in [2.05, 4.69) is 5.32 Å². The Bertz CT molecular complexity index is 174. The molecule has 0 aliphatic rings. The number of rotatable bonds is 10. The maximum Gasteiger partial charge on any atom is 0.222 e. The predicted octanol–water partition coefficient (Wildman–Crippen LogP) is 1.29. The van der Waals surface area contributed by atoms with Crippen LogP contribution in [-0.4, -0.2) is 32.7 Å². The van der Waals surface area contributed by atoms with Crippen LogP contribution in [0.5, 0.6) is 0 Å². The fraction of sp³-hybridized carbons (Fsp3) is 0.917. The Labute approximate surface area is 98.9 Å². The lowest BCUT2D eigenvalue weighted by Crippen LogP contribution is -2.30. The first kappa shape index (κ1) is 15.4. The minimum atomic E-state index is 0.0857. The number of ether oxygens (including phenoxy) is 1. The highest BCUT2D eigenvalue weighted by Gasteiger charge is 2.10. The van der Waals surface area contributed by atoms with Crippen LogP contribution < -0.4 is 11.1 Å². The maximum atomic E-state index is 11.6. The van der Waals surface area contributed by atoms with Crippen LogP contribution in [0.3, 0.4) is 0 Å². The van der Waals surface area contributed by atoms with Crippen molar-refractivity contribution in [1.82, 2.24) is 5.32 Å². The standard InChI is InChI=1S/C12H26N2O2/c1-11(7-6-8-13)12(15)14-9-4-3-5-10-16-2/h11H,3-10,13H2,1-2H3,(H,14,15). The molecule has 4 nitrogen and oxygen atoms in total. The second kappa shape index (κ2) is 10.9. The van der Waals surface area contributed by atoms with E-state index in [9.17, 15) is 4.79 Å². The minimum absolute atomic E-state index is 0.0857. The van der Waals surface area contributed by atoms with E-state index in [-0.39, 0.29) is 11.8 Å².